The number of fused-ring (bicyclic) bond motifs is 3. The van der Waals surface area contributed by atoms with E-state index in [1.165, 1.54) is 13.8 Å². The molecule has 7 nitrogen and oxygen atoms in total. The minimum Gasteiger partial charge on any atom is -0.479 e. The van der Waals surface area contributed by atoms with Gasteiger partial charge in [-0.1, -0.05) is 78.9 Å². The van der Waals surface area contributed by atoms with E-state index in [0.29, 0.717) is 5.56 Å². The summed E-state index contributed by atoms with van der Waals surface area (Å²) in [4.78, 5) is 37.1. The third-order valence-corrected chi connectivity index (χ3v) is 6.22. The van der Waals surface area contributed by atoms with Crippen LogP contribution in [0.15, 0.2) is 78.9 Å². The molecular formula is C27H26N2O5. The highest BCUT2D eigenvalue weighted by Gasteiger charge is 2.38. The van der Waals surface area contributed by atoms with Crippen molar-refractivity contribution in [1.29, 1.82) is 0 Å². The number of aliphatic carboxylic acids is 1. The molecule has 2 amide bonds. The van der Waals surface area contributed by atoms with Gasteiger partial charge < -0.3 is 20.5 Å². The first-order valence-corrected chi connectivity index (χ1v) is 11.0. The Kier molecular flexibility index (Phi) is 6.36. The molecule has 0 bridgehead atoms. The van der Waals surface area contributed by atoms with Gasteiger partial charge in [0.2, 0.25) is 5.91 Å². The molecule has 3 N–H and O–H groups in total. The van der Waals surface area contributed by atoms with E-state index in [4.69, 9.17) is 4.74 Å². The van der Waals surface area contributed by atoms with Gasteiger partial charge in [0.15, 0.2) is 5.54 Å². The Balaban J connectivity index is 1.39. The lowest BCUT2D eigenvalue weighted by molar-refractivity contribution is -0.147. The molecule has 1 aliphatic carbocycles. The predicted octanol–water partition coefficient (Wildman–Crippen LogP) is 4.03. The summed E-state index contributed by atoms with van der Waals surface area (Å²) in [6.07, 6.45) is -0.749. The molecule has 0 spiro atoms. The Bertz CT molecular complexity index is 1180. The van der Waals surface area contributed by atoms with Crippen molar-refractivity contribution in [3.63, 3.8) is 0 Å². The Morgan fingerprint density at radius 1 is 0.912 bits per heavy atom. The van der Waals surface area contributed by atoms with Crippen LogP contribution in [0.1, 0.15) is 36.5 Å². The van der Waals surface area contributed by atoms with Crippen molar-refractivity contribution in [1.82, 2.24) is 10.6 Å². The van der Waals surface area contributed by atoms with E-state index >= 15 is 0 Å². The summed E-state index contributed by atoms with van der Waals surface area (Å²) in [5, 5.41) is 14.8. The second-order valence-corrected chi connectivity index (χ2v) is 8.48. The molecule has 1 unspecified atom stereocenters. The maximum atomic E-state index is 12.7. The van der Waals surface area contributed by atoms with Crippen molar-refractivity contribution in [3.8, 4) is 11.1 Å². The van der Waals surface area contributed by atoms with Crippen LogP contribution >= 0.6 is 0 Å². The molecule has 0 aromatic heterocycles. The van der Waals surface area contributed by atoms with Crippen molar-refractivity contribution in [2.45, 2.75) is 31.3 Å². The van der Waals surface area contributed by atoms with Gasteiger partial charge in [-0.15, -0.1) is 0 Å². The normalized spacial score (nSPS) is 14.8. The highest BCUT2D eigenvalue weighted by Crippen LogP contribution is 2.44. The molecule has 174 valence electrons. The molecular weight excluding hydrogens is 432 g/mol. The van der Waals surface area contributed by atoms with Gasteiger partial charge >= 0.3 is 12.1 Å². The van der Waals surface area contributed by atoms with E-state index in [-0.39, 0.29) is 12.5 Å². The standard InChI is InChI=1S/C27H26N2O5/c1-17(24(30)29-27(2,25(31)32)18-10-4-3-5-11-18)28-26(33)34-16-23-21-14-8-6-12-19(21)20-13-7-9-15-22(20)23/h3-15,17,23H,16H2,1-2H3,(H,28,33)(H,29,30)(H,31,32)/t17-,27?/m0/s1. The van der Waals surface area contributed by atoms with E-state index in [0.717, 1.165) is 22.3 Å². The summed E-state index contributed by atoms with van der Waals surface area (Å²) in [5.41, 5.74) is 3.19. The largest absolute Gasteiger partial charge is 0.479 e. The number of alkyl carbamates (subject to hydrolysis) is 1. The van der Waals surface area contributed by atoms with E-state index in [9.17, 15) is 19.5 Å². The third kappa shape index (κ3) is 4.37. The molecule has 1 aliphatic rings. The number of amides is 2. The smallest absolute Gasteiger partial charge is 0.407 e. The molecule has 7 heteroatoms. The minimum absolute atomic E-state index is 0.101. The number of nitrogens with one attached hydrogen (secondary N) is 2. The monoisotopic (exact) mass is 458 g/mol. The van der Waals surface area contributed by atoms with Crippen LogP contribution in [0.3, 0.4) is 0 Å². The minimum atomic E-state index is -1.64. The zero-order valence-corrected chi connectivity index (χ0v) is 18.9. The first-order valence-electron chi connectivity index (χ1n) is 11.0. The lowest BCUT2D eigenvalue weighted by Crippen LogP contribution is -2.55. The molecule has 0 aliphatic heterocycles. The fraction of sp³-hybridized carbons (Fsp3) is 0.222. The molecule has 34 heavy (non-hydrogen) atoms. The number of benzene rings is 3. The lowest BCUT2D eigenvalue weighted by Gasteiger charge is -2.28. The third-order valence-electron chi connectivity index (χ3n) is 6.22. The summed E-state index contributed by atoms with van der Waals surface area (Å²) >= 11 is 0. The summed E-state index contributed by atoms with van der Waals surface area (Å²) in [5.74, 6) is -1.95. The summed E-state index contributed by atoms with van der Waals surface area (Å²) < 4.78 is 5.48. The number of ether oxygens (including phenoxy) is 1. The van der Waals surface area contributed by atoms with Gasteiger partial charge in [-0.2, -0.15) is 0 Å². The van der Waals surface area contributed by atoms with Crippen LogP contribution in [-0.2, 0) is 19.9 Å². The first-order chi connectivity index (χ1) is 16.3. The average Bonchev–Trinajstić information content (AvgIpc) is 3.16. The topological polar surface area (TPSA) is 105 Å². The number of rotatable bonds is 7. The number of carbonyl (C=O) groups excluding carboxylic acids is 2. The fourth-order valence-electron chi connectivity index (χ4n) is 4.26. The van der Waals surface area contributed by atoms with Crippen molar-refractivity contribution >= 4 is 18.0 Å². The van der Waals surface area contributed by atoms with Crippen molar-refractivity contribution in [3.05, 3.63) is 95.6 Å². The van der Waals surface area contributed by atoms with E-state index in [1.807, 2.05) is 48.5 Å². The molecule has 0 radical (unpaired) electrons. The molecule has 0 saturated heterocycles. The van der Waals surface area contributed by atoms with E-state index < -0.39 is 29.6 Å². The molecule has 4 rings (SSSR count). The Morgan fingerprint density at radius 3 is 2.00 bits per heavy atom. The Hall–Kier alpha value is -4.13. The van der Waals surface area contributed by atoms with Gasteiger partial charge in [-0.05, 0) is 41.7 Å². The zero-order chi connectivity index (χ0) is 24.3. The second kappa shape index (κ2) is 9.39. The van der Waals surface area contributed by atoms with Crippen LogP contribution in [0.4, 0.5) is 4.79 Å². The molecule has 3 aromatic rings. The van der Waals surface area contributed by atoms with Crippen LogP contribution in [0.25, 0.3) is 11.1 Å². The van der Waals surface area contributed by atoms with Gasteiger partial charge in [0.25, 0.3) is 0 Å². The average molecular weight is 459 g/mol. The second-order valence-electron chi connectivity index (χ2n) is 8.48. The number of hydrogen-bond donors (Lipinski definition) is 3. The summed E-state index contributed by atoms with van der Waals surface area (Å²) in [6, 6.07) is 23.4. The summed E-state index contributed by atoms with van der Waals surface area (Å²) in [7, 11) is 0. The van der Waals surface area contributed by atoms with Crippen LogP contribution in [0.2, 0.25) is 0 Å². The maximum Gasteiger partial charge on any atom is 0.407 e. The lowest BCUT2D eigenvalue weighted by atomic mass is 9.91. The van der Waals surface area contributed by atoms with Crippen molar-refractivity contribution in [2.75, 3.05) is 6.61 Å². The van der Waals surface area contributed by atoms with E-state index in [2.05, 4.69) is 10.6 Å². The van der Waals surface area contributed by atoms with Crippen molar-refractivity contribution in [2.24, 2.45) is 0 Å². The highest BCUT2D eigenvalue weighted by atomic mass is 16.5. The Labute approximate surface area is 197 Å². The number of hydrogen-bond acceptors (Lipinski definition) is 4. The van der Waals surface area contributed by atoms with Crippen molar-refractivity contribution < 1.29 is 24.2 Å². The van der Waals surface area contributed by atoms with Gasteiger partial charge in [0.05, 0.1) is 0 Å². The quantitative estimate of drug-likeness (QED) is 0.496. The predicted molar refractivity (Wildman–Crippen MR) is 127 cm³/mol. The number of carbonyl (C=O) groups is 3. The fourth-order valence-corrected chi connectivity index (χ4v) is 4.26. The zero-order valence-electron chi connectivity index (χ0n) is 18.9. The molecule has 0 heterocycles. The Morgan fingerprint density at radius 2 is 1.44 bits per heavy atom. The molecule has 2 atom stereocenters. The highest BCUT2D eigenvalue weighted by molar-refractivity contribution is 5.91. The van der Waals surface area contributed by atoms with Gasteiger partial charge in [0, 0.05) is 5.92 Å². The SMILES string of the molecule is C[C@H](NC(=O)OCC1c2ccccc2-c2ccccc21)C(=O)NC(C)(C(=O)O)c1ccccc1. The van der Waals surface area contributed by atoms with Gasteiger partial charge in [-0.3, -0.25) is 4.79 Å². The molecule has 0 saturated carbocycles. The summed E-state index contributed by atoms with van der Waals surface area (Å²) in [6.45, 7) is 3.00. The van der Waals surface area contributed by atoms with Crippen LogP contribution in [-0.4, -0.2) is 35.7 Å². The number of carboxylic acids is 1. The van der Waals surface area contributed by atoms with Gasteiger partial charge in [0.1, 0.15) is 12.6 Å². The first kappa shape index (κ1) is 23.0. The van der Waals surface area contributed by atoms with Crippen LogP contribution < -0.4 is 10.6 Å². The van der Waals surface area contributed by atoms with E-state index in [1.54, 1.807) is 30.3 Å². The number of carboxylic acid groups (broad SMARTS) is 1. The maximum absolute atomic E-state index is 12.7. The van der Waals surface area contributed by atoms with Gasteiger partial charge in [-0.25, -0.2) is 9.59 Å². The van der Waals surface area contributed by atoms with Crippen LogP contribution in [0, 0.1) is 0 Å². The molecule has 3 aromatic carbocycles. The van der Waals surface area contributed by atoms with Crippen LogP contribution in [0.5, 0.6) is 0 Å². The molecule has 0 fully saturated rings.